The minimum atomic E-state index is -0.678. The van der Waals surface area contributed by atoms with Gasteiger partial charge in [-0.3, -0.25) is 0 Å². The van der Waals surface area contributed by atoms with Gasteiger partial charge in [0.25, 0.3) is 0 Å². The molecule has 0 fully saturated rings. The topological polar surface area (TPSA) is 72.5 Å². The van der Waals surface area contributed by atoms with Gasteiger partial charge in [-0.25, -0.2) is 4.79 Å². The van der Waals surface area contributed by atoms with Crippen LogP contribution in [0, 0.1) is 0 Å². The quantitative estimate of drug-likeness (QED) is 0.202. The number of rotatable bonds is 13. The molecule has 0 saturated heterocycles. The summed E-state index contributed by atoms with van der Waals surface area (Å²) in [5.74, 6) is 0. The van der Waals surface area contributed by atoms with Crippen molar-refractivity contribution in [2.45, 2.75) is 0 Å². The van der Waals surface area contributed by atoms with Crippen molar-refractivity contribution in [2.24, 2.45) is 0 Å². The van der Waals surface area contributed by atoms with E-state index in [9.17, 15) is 4.79 Å². The van der Waals surface area contributed by atoms with Crippen LogP contribution in [-0.4, -0.2) is 70.7 Å². The van der Waals surface area contributed by atoms with Crippen molar-refractivity contribution in [1.82, 2.24) is 0 Å². The number of hydrogen-bond acceptors (Lipinski definition) is 7. The first-order valence-corrected chi connectivity index (χ1v) is 7.41. The van der Waals surface area contributed by atoms with Crippen LogP contribution in [0.1, 0.15) is 0 Å². The molecular formula is C11H21IO7. The highest BCUT2D eigenvalue weighted by Crippen LogP contribution is 1.90. The Labute approximate surface area is 126 Å². The fraction of sp³-hybridized carbons (Fsp3) is 0.909. The largest absolute Gasteiger partial charge is 0.509 e. The summed E-state index contributed by atoms with van der Waals surface area (Å²) in [6.45, 7) is 3.64. The molecule has 7 nitrogen and oxygen atoms in total. The summed E-state index contributed by atoms with van der Waals surface area (Å²) in [5, 5.41) is 0. The van der Waals surface area contributed by atoms with Gasteiger partial charge in [0.15, 0.2) is 0 Å². The lowest BCUT2D eigenvalue weighted by Gasteiger charge is -2.07. The molecule has 19 heavy (non-hydrogen) atoms. The summed E-state index contributed by atoms with van der Waals surface area (Å²) < 4.78 is 30.0. The Bertz CT molecular complexity index is 203. The van der Waals surface area contributed by atoms with Crippen LogP contribution >= 0.6 is 22.6 Å². The lowest BCUT2D eigenvalue weighted by Crippen LogP contribution is -2.14. The first-order chi connectivity index (χ1) is 9.31. The molecule has 0 aromatic carbocycles. The van der Waals surface area contributed by atoms with E-state index in [0.717, 1.165) is 0 Å². The van der Waals surface area contributed by atoms with Gasteiger partial charge in [-0.15, -0.1) is 0 Å². The van der Waals surface area contributed by atoms with Gasteiger partial charge in [0.1, 0.15) is 11.2 Å². The zero-order chi connectivity index (χ0) is 14.2. The highest BCUT2D eigenvalue weighted by molar-refractivity contribution is 14.1. The molecule has 0 aromatic heterocycles. The summed E-state index contributed by atoms with van der Waals surface area (Å²) in [7, 11) is 1.63. The Morgan fingerprint density at radius 3 is 1.74 bits per heavy atom. The van der Waals surface area contributed by atoms with Crippen LogP contribution in [0.15, 0.2) is 0 Å². The molecule has 0 saturated carbocycles. The molecule has 0 aliphatic rings. The Balaban J connectivity index is 3.01. The molecule has 0 atom stereocenters. The summed E-state index contributed by atoms with van der Waals surface area (Å²) in [6.07, 6.45) is -0.678. The molecule has 0 N–H and O–H groups in total. The zero-order valence-electron chi connectivity index (χ0n) is 11.1. The van der Waals surface area contributed by atoms with Gasteiger partial charge >= 0.3 is 6.16 Å². The minimum Gasteiger partial charge on any atom is -0.432 e. The van der Waals surface area contributed by atoms with Gasteiger partial charge in [-0.2, -0.15) is 0 Å². The van der Waals surface area contributed by atoms with Crippen molar-refractivity contribution in [3.63, 3.8) is 0 Å². The average molecular weight is 392 g/mol. The van der Waals surface area contributed by atoms with Crippen LogP contribution in [-0.2, 0) is 28.4 Å². The summed E-state index contributed by atoms with van der Waals surface area (Å²) >= 11 is 1.91. The number of alkyl halides is 1. The summed E-state index contributed by atoms with van der Waals surface area (Å²) in [6, 6.07) is 0. The first kappa shape index (κ1) is 18.8. The molecule has 114 valence electrons. The van der Waals surface area contributed by atoms with Crippen molar-refractivity contribution in [1.29, 1.82) is 0 Å². The second-order valence-electron chi connectivity index (χ2n) is 3.18. The Kier molecular flexibility index (Phi) is 15.8. The van der Waals surface area contributed by atoms with E-state index in [1.807, 2.05) is 22.6 Å². The standard InChI is InChI=1S/C11H21IO7/c1-14-2-3-15-4-5-16-6-7-17-8-9-18-11(13)19-10-12/h2-10H2,1H3. The van der Waals surface area contributed by atoms with Crippen LogP contribution in [0.4, 0.5) is 4.79 Å². The molecule has 0 amide bonds. The van der Waals surface area contributed by atoms with E-state index in [2.05, 4.69) is 4.74 Å². The fourth-order valence-corrected chi connectivity index (χ4v) is 1.21. The van der Waals surface area contributed by atoms with E-state index in [1.54, 1.807) is 7.11 Å². The average Bonchev–Trinajstić information content (AvgIpc) is 2.40. The van der Waals surface area contributed by atoms with Crippen molar-refractivity contribution in [2.75, 3.05) is 64.6 Å². The van der Waals surface area contributed by atoms with E-state index in [-0.39, 0.29) is 11.2 Å². The van der Waals surface area contributed by atoms with Crippen LogP contribution < -0.4 is 0 Å². The van der Waals surface area contributed by atoms with Gasteiger partial charge in [0.2, 0.25) is 0 Å². The number of hydrogen-bond donors (Lipinski definition) is 0. The molecule has 8 heteroatoms. The molecule has 0 rings (SSSR count). The van der Waals surface area contributed by atoms with Crippen molar-refractivity contribution in [3.8, 4) is 0 Å². The van der Waals surface area contributed by atoms with Crippen LogP contribution in [0.3, 0.4) is 0 Å². The predicted molar refractivity (Wildman–Crippen MR) is 75.7 cm³/mol. The number of halogens is 1. The maximum absolute atomic E-state index is 10.8. The molecule has 0 radical (unpaired) electrons. The van der Waals surface area contributed by atoms with E-state index < -0.39 is 6.16 Å². The van der Waals surface area contributed by atoms with Gasteiger partial charge in [-0.05, 0) is 22.6 Å². The predicted octanol–water partition coefficient (Wildman–Crippen LogP) is 1.23. The zero-order valence-corrected chi connectivity index (χ0v) is 13.3. The molecule has 0 spiro atoms. The fourth-order valence-electron chi connectivity index (χ4n) is 0.954. The highest BCUT2D eigenvalue weighted by atomic mass is 127. The Morgan fingerprint density at radius 2 is 1.26 bits per heavy atom. The summed E-state index contributed by atoms with van der Waals surface area (Å²) in [5.41, 5.74) is 0. The normalized spacial score (nSPS) is 10.4. The van der Waals surface area contributed by atoms with E-state index in [4.69, 9.17) is 23.7 Å². The highest BCUT2D eigenvalue weighted by Gasteiger charge is 2.01. The van der Waals surface area contributed by atoms with Crippen molar-refractivity contribution >= 4 is 28.7 Å². The smallest absolute Gasteiger partial charge is 0.432 e. The molecule has 0 aliphatic carbocycles. The molecule has 0 unspecified atom stereocenters. The maximum Gasteiger partial charge on any atom is 0.509 e. The molecule has 0 aromatic rings. The second-order valence-corrected chi connectivity index (χ2v) is 3.80. The van der Waals surface area contributed by atoms with Gasteiger partial charge < -0.3 is 28.4 Å². The lowest BCUT2D eigenvalue weighted by molar-refractivity contribution is -0.00670. The molecule has 0 bridgehead atoms. The molecule has 0 heterocycles. The van der Waals surface area contributed by atoms with E-state index in [0.29, 0.717) is 46.2 Å². The van der Waals surface area contributed by atoms with Crippen molar-refractivity contribution < 1.29 is 33.2 Å². The first-order valence-electron chi connectivity index (χ1n) is 5.89. The third kappa shape index (κ3) is 15.8. The third-order valence-corrected chi connectivity index (χ3v) is 2.11. The number of ether oxygens (including phenoxy) is 6. The van der Waals surface area contributed by atoms with Crippen LogP contribution in [0.25, 0.3) is 0 Å². The number of carbonyl (C=O) groups excluding carboxylic acids is 1. The van der Waals surface area contributed by atoms with Crippen molar-refractivity contribution in [3.05, 3.63) is 0 Å². The van der Waals surface area contributed by atoms with E-state index >= 15 is 0 Å². The number of methoxy groups -OCH3 is 1. The lowest BCUT2D eigenvalue weighted by atomic mass is 10.7. The summed E-state index contributed by atoms with van der Waals surface area (Å²) in [4.78, 5) is 10.8. The third-order valence-electron chi connectivity index (χ3n) is 1.80. The molecular weight excluding hydrogens is 371 g/mol. The van der Waals surface area contributed by atoms with E-state index in [1.165, 1.54) is 0 Å². The Hall–Kier alpha value is -0.160. The maximum atomic E-state index is 10.8. The van der Waals surface area contributed by atoms with Crippen LogP contribution in [0.2, 0.25) is 0 Å². The van der Waals surface area contributed by atoms with Crippen LogP contribution in [0.5, 0.6) is 0 Å². The second kappa shape index (κ2) is 15.9. The van der Waals surface area contributed by atoms with Gasteiger partial charge in [0.05, 0.1) is 46.2 Å². The Morgan fingerprint density at radius 1 is 0.789 bits per heavy atom. The SMILES string of the molecule is COCCOCCOCCOCCOC(=O)OCI. The van der Waals surface area contributed by atoms with Gasteiger partial charge in [-0.1, -0.05) is 0 Å². The van der Waals surface area contributed by atoms with Gasteiger partial charge in [0, 0.05) is 7.11 Å². The minimum absolute atomic E-state index is 0.176. The molecule has 0 aliphatic heterocycles. The number of carbonyl (C=O) groups is 1. The monoisotopic (exact) mass is 392 g/mol.